The maximum atomic E-state index is 12.7. The Balaban J connectivity index is 1.57. The highest BCUT2D eigenvalue weighted by Crippen LogP contribution is 2.26. The first-order chi connectivity index (χ1) is 16.2. The Labute approximate surface area is 203 Å². The third-order valence-electron chi connectivity index (χ3n) is 5.74. The highest BCUT2D eigenvalue weighted by molar-refractivity contribution is 6.31. The molecule has 1 aliphatic rings. The summed E-state index contributed by atoms with van der Waals surface area (Å²) in [5, 5.41) is 2.79. The van der Waals surface area contributed by atoms with Gasteiger partial charge in [0.05, 0.1) is 30.6 Å². The monoisotopic (exact) mass is 486 g/mol. The quantitative estimate of drug-likeness (QED) is 0.629. The van der Waals surface area contributed by atoms with Crippen molar-refractivity contribution in [3.63, 3.8) is 0 Å². The van der Waals surface area contributed by atoms with Crippen molar-refractivity contribution < 1.29 is 23.9 Å². The van der Waals surface area contributed by atoms with Crippen LogP contribution in [0.3, 0.4) is 0 Å². The first-order valence-corrected chi connectivity index (χ1v) is 11.3. The summed E-state index contributed by atoms with van der Waals surface area (Å²) in [6, 6.07) is 7.81. The molecular weight excluding hydrogens is 460 g/mol. The van der Waals surface area contributed by atoms with Gasteiger partial charge >= 0.3 is 5.97 Å². The van der Waals surface area contributed by atoms with Gasteiger partial charge in [0.2, 0.25) is 11.8 Å². The number of carbonyl (C=O) groups is 4. The fraction of sp³-hybridized carbons (Fsp3) is 0.375. The molecule has 0 unspecified atom stereocenters. The molecule has 9 nitrogen and oxygen atoms in total. The highest BCUT2D eigenvalue weighted by Gasteiger charge is 2.30. The molecule has 3 amide bonds. The van der Waals surface area contributed by atoms with Gasteiger partial charge in [0, 0.05) is 42.8 Å². The van der Waals surface area contributed by atoms with E-state index >= 15 is 0 Å². The van der Waals surface area contributed by atoms with Crippen molar-refractivity contribution in [1.29, 1.82) is 0 Å². The number of piperidine rings is 1. The van der Waals surface area contributed by atoms with Gasteiger partial charge in [0.25, 0.3) is 5.91 Å². The Hall–Kier alpha value is -3.46. The SMILES string of the molecule is COC(=O)c1cc(Cl)cc(C(=O)NCC(=O)N2CCC(N(C(C)=O)c3cccnc3C)CC2)c1. The zero-order chi connectivity index (χ0) is 24.8. The van der Waals surface area contributed by atoms with Crippen LogP contribution in [0.25, 0.3) is 0 Å². The van der Waals surface area contributed by atoms with Crippen molar-refractivity contribution in [2.24, 2.45) is 0 Å². The van der Waals surface area contributed by atoms with E-state index in [4.69, 9.17) is 11.6 Å². The number of aromatic nitrogens is 1. The van der Waals surface area contributed by atoms with Gasteiger partial charge in [-0.15, -0.1) is 0 Å². The number of aryl methyl sites for hydroxylation is 1. The maximum Gasteiger partial charge on any atom is 0.337 e. The van der Waals surface area contributed by atoms with Gasteiger partial charge in [-0.25, -0.2) is 4.79 Å². The van der Waals surface area contributed by atoms with Crippen LogP contribution < -0.4 is 10.2 Å². The van der Waals surface area contributed by atoms with Crippen molar-refractivity contribution in [2.75, 3.05) is 31.6 Å². The second-order valence-corrected chi connectivity index (χ2v) is 8.45. The number of likely N-dealkylation sites (tertiary alicyclic amines) is 1. The smallest absolute Gasteiger partial charge is 0.337 e. The van der Waals surface area contributed by atoms with Gasteiger partial charge in [0.15, 0.2) is 0 Å². The molecule has 2 heterocycles. The van der Waals surface area contributed by atoms with Crippen molar-refractivity contribution >= 4 is 41.0 Å². The van der Waals surface area contributed by atoms with Crippen molar-refractivity contribution in [3.05, 3.63) is 58.4 Å². The van der Waals surface area contributed by atoms with E-state index in [-0.39, 0.29) is 40.6 Å². The minimum absolute atomic E-state index is 0.0396. The number of nitrogens with zero attached hydrogens (tertiary/aromatic N) is 3. The third kappa shape index (κ3) is 5.91. The number of nitrogens with one attached hydrogen (secondary N) is 1. The van der Waals surface area contributed by atoms with Gasteiger partial charge in [-0.2, -0.15) is 0 Å². The van der Waals surface area contributed by atoms with E-state index in [9.17, 15) is 19.2 Å². The van der Waals surface area contributed by atoms with Crippen molar-refractivity contribution in [2.45, 2.75) is 32.7 Å². The number of amides is 3. The molecule has 10 heteroatoms. The summed E-state index contributed by atoms with van der Waals surface area (Å²) in [5.74, 6) is -1.43. The van der Waals surface area contributed by atoms with Gasteiger partial charge in [0.1, 0.15) is 0 Å². The van der Waals surface area contributed by atoms with E-state index in [1.165, 1.54) is 32.2 Å². The van der Waals surface area contributed by atoms with Crippen LogP contribution in [0.2, 0.25) is 5.02 Å². The highest BCUT2D eigenvalue weighted by atomic mass is 35.5. The number of benzene rings is 1. The minimum Gasteiger partial charge on any atom is -0.465 e. The fourth-order valence-corrected chi connectivity index (χ4v) is 4.29. The predicted octanol–water partition coefficient (Wildman–Crippen LogP) is 2.60. The number of methoxy groups -OCH3 is 1. The normalized spacial score (nSPS) is 13.8. The molecule has 0 radical (unpaired) electrons. The Kier molecular flexibility index (Phi) is 8.22. The molecule has 0 bridgehead atoms. The molecule has 180 valence electrons. The Morgan fingerprint density at radius 1 is 1.18 bits per heavy atom. The third-order valence-corrected chi connectivity index (χ3v) is 5.96. The molecule has 0 saturated carbocycles. The lowest BCUT2D eigenvalue weighted by Crippen LogP contribution is -2.50. The zero-order valence-electron chi connectivity index (χ0n) is 19.3. The van der Waals surface area contributed by atoms with Gasteiger partial charge in [-0.05, 0) is 50.1 Å². The number of hydrogen-bond donors (Lipinski definition) is 1. The second-order valence-electron chi connectivity index (χ2n) is 8.01. The van der Waals surface area contributed by atoms with E-state index < -0.39 is 11.9 Å². The van der Waals surface area contributed by atoms with Gasteiger partial charge < -0.3 is 19.9 Å². The largest absolute Gasteiger partial charge is 0.465 e. The lowest BCUT2D eigenvalue weighted by Gasteiger charge is -2.38. The Morgan fingerprint density at radius 3 is 2.47 bits per heavy atom. The molecule has 1 saturated heterocycles. The number of rotatable bonds is 6. The molecule has 34 heavy (non-hydrogen) atoms. The van der Waals surface area contributed by atoms with E-state index in [2.05, 4.69) is 15.0 Å². The van der Waals surface area contributed by atoms with Crippen LogP contribution in [0, 0.1) is 6.92 Å². The van der Waals surface area contributed by atoms with E-state index in [0.717, 1.165) is 11.4 Å². The summed E-state index contributed by atoms with van der Waals surface area (Å²) in [5.41, 5.74) is 1.85. The van der Waals surface area contributed by atoms with E-state index in [1.54, 1.807) is 22.1 Å². The number of halogens is 1. The molecular formula is C24H27ClN4O5. The average molecular weight is 487 g/mol. The van der Waals surface area contributed by atoms with Crippen LogP contribution >= 0.6 is 11.6 Å². The lowest BCUT2D eigenvalue weighted by atomic mass is 10.0. The molecule has 1 aliphatic heterocycles. The number of anilines is 1. The van der Waals surface area contributed by atoms with Crippen LogP contribution in [-0.4, -0.2) is 66.4 Å². The predicted molar refractivity (Wildman–Crippen MR) is 127 cm³/mol. The van der Waals surface area contributed by atoms with E-state index in [1.807, 2.05) is 13.0 Å². The maximum absolute atomic E-state index is 12.7. The number of esters is 1. The van der Waals surface area contributed by atoms with Crippen molar-refractivity contribution in [3.8, 4) is 0 Å². The molecule has 0 atom stereocenters. The molecule has 1 N–H and O–H groups in total. The number of pyridine rings is 1. The molecule has 3 rings (SSSR count). The molecule has 2 aromatic rings. The Bertz CT molecular complexity index is 1100. The number of ether oxygens (including phenoxy) is 1. The summed E-state index contributed by atoms with van der Waals surface area (Å²) >= 11 is 6.00. The summed E-state index contributed by atoms with van der Waals surface area (Å²) in [6.07, 6.45) is 2.92. The molecule has 1 fully saturated rings. The van der Waals surface area contributed by atoms with Gasteiger partial charge in [-0.1, -0.05) is 11.6 Å². The first-order valence-electron chi connectivity index (χ1n) is 10.9. The van der Waals surface area contributed by atoms with E-state index in [0.29, 0.717) is 25.9 Å². The molecule has 1 aromatic carbocycles. The zero-order valence-corrected chi connectivity index (χ0v) is 20.1. The topological polar surface area (TPSA) is 109 Å². The minimum atomic E-state index is -0.614. The van der Waals surface area contributed by atoms with Crippen LogP contribution in [0.4, 0.5) is 5.69 Å². The summed E-state index contributed by atoms with van der Waals surface area (Å²) < 4.78 is 4.66. The average Bonchev–Trinajstić information content (AvgIpc) is 2.83. The van der Waals surface area contributed by atoms with Crippen LogP contribution in [-0.2, 0) is 14.3 Å². The Morgan fingerprint density at radius 2 is 1.85 bits per heavy atom. The van der Waals surface area contributed by atoms with Gasteiger partial charge in [-0.3, -0.25) is 19.4 Å². The van der Waals surface area contributed by atoms with Crippen LogP contribution in [0.1, 0.15) is 46.2 Å². The first kappa shape index (κ1) is 25.2. The summed E-state index contributed by atoms with van der Waals surface area (Å²) in [6.45, 7) is 4.13. The standard InChI is InChI=1S/C24H27ClN4O5/c1-15-21(5-4-8-26-15)29(16(2)30)20-6-9-28(10-7-20)22(31)14-27-23(32)17-11-18(24(33)34-3)13-19(25)12-17/h4-5,8,11-13,20H,6-7,9-10,14H2,1-3H3,(H,27,32). The van der Waals surface area contributed by atoms with Crippen LogP contribution in [0.15, 0.2) is 36.5 Å². The number of hydrogen-bond acceptors (Lipinski definition) is 6. The lowest BCUT2D eigenvalue weighted by molar-refractivity contribution is -0.131. The molecule has 0 spiro atoms. The van der Waals surface area contributed by atoms with Crippen LogP contribution in [0.5, 0.6) is 0 Å². The molecule has 0 aliphatic carbocycles. The number of carbonyl (C=O) groups excluding carboxylic acids is 4. The summed E-state index contributed by atoms with van der Waals surface area (Å²) in [7, 11) is 1.23. The van der Waals surface area contributed by atoms with Crippen molar-refractivity contribution in [1.82, 2.24) is 15.2 Å². The molecule has 1 aromatic heterocycles. The fourth-order valence-electron chi connectivity index (χ4n) is 4.05. The second kappa shape index (κ2) is 11.1. The summed E-state index contributed by atoms with van der Waals surface area (Å²) in [4.78, 5) is 57.0.